The monoisotopic (exact) mass is 423 g/mol. The number of benzene rings is 2. The van der Waals surface area contributed by atoms with Crippen molar-refractivity contribution in [3.05, 3.63) is 72.6 Å². The molecule has 8 nitrogen and oxygen atoms in total. The van der Waals surface area contributed by atoms with E-state index >= 15 is 0 Å². The minimum absolute atomic E-state index is 0.270. The topological polar surface area (TPSA) is 104 Å². The van der Waals surface area contributed by atoms with Gasteiger partial charge in [-0.3, -0.25) is 20.6 Å². The van der Waals surface area contributed by atoms with Crippen molar-refractivity contribution in [1.29, 1.82) is 0 Å². The summed E-state index contributed by atoms with van der Waals surface area (Å²) in [5.74, 6) is 0.784. The quantitative estimate of drug-likeness (QED) is 0.337. The Bertz CT molecular complexity index is 1010. The number of amides is 3. The molecule has 0 spiro atoms. The lowest BCUT2D eigenvalue weighted by molar-refractivity contribution is 0.0958. The molecule has 3 aromatic rings. The molecule has 0 fully saturated rings. The molecule has 2 aromatic carbocycles. The Morgan fingerprint density at radius 1 is 0.933 bits per heavy atom. The number of aromatic nitrogens is 1. The van der Waals surface area contributed by atoms with E-state index in [9.17, 15) is 9.59 Å². The van der Waals surface area contributed by atoms with E-state index in [1.165, 1.54) is 6.20 Å². The van der Waals surface area contributed by atoms with E-state index in [1.807, 2.05) is 30.5 Å². The second-order valence-corrected chi connectivity index (χ2v) is 6.89. The first-order chi connectivity index (χ1) is 14.6. The molecule has 0 unspecified atom stereocenters. The molecule has 0 saturated carbocycles. The average Bonchev–Trinajstić information content (AvgIpc) is 2.79. The summed E-state index contributed by atoms with van der Waals surface area (Å²) in [6.07, 6.45) is 3.50. The zero-order valence-corrected chi connectivity index (χ0v) is 17.2. The third kappa shape index (κ3) is 5.89. The van der Waals surface area contributed by atoms with Crippen LogP contribution in [0.2, 0.25) is 0 Å². The lowest BCUT2D eigenvalue weighted by Crippen LogP contribution is -2.33. The van der Waals surface area contributed by atoms with Gasteiger partial charge in [-0.05, 0) is 60.9 Å². The second-order valence-electron chi connectivity index (χ2n) is 6.01. The predicted molar refractivity (Wildman–Crippen MR) is 118 cm³/mol. The van der Waals surface area contributed by atoms with E-state index in [4.69, 9.17) is 4.74 Å². The van der Waals surface area contributed by atoms with Gasteiger partial charge in [0.15, 0.2) is 0 Å². The fourth-order valence-electron chi connectivity index (χ4n) is 2.43. The number of carbonyl (C=O) groups excluding carboxylic acids is 2. The minimum Gasteiger partial charge on any atom is -0.457 e. The van der Waals surface area contributed by atoms with E-state index in [2.05, 4.69) is 26.5 Å². The molecule has 4 N–H and O–H groups in total. The number of carbonyl (C=O) groups is 2. The molecule has 0 saturated heterocycles. The summed E-state index contributed by atoms with van der Waals surface area (Å²) in [7, 11) is 1.54. The number of nitrogens with one attached hydrogen (secondary N) is 4. The molecule has 0 atom stereocenters. The molecule has 30 heavy (non-hydrogen) atoms. The van der Waals surface area contributed by atoms with Crippen molar-refractivity contribution in [3.8, 4) is 11.5 Å². The first-order valence-corrected chi connectivity index (χ1v) is 10.2. The Balaban J connectivity index is 1.51. The van der Waals surface area contributed by atoms with Crippen LogP contribution in [0.25, 0.3) is 0 Å². The summed E-state index contributed by atoms with van der Waals surface area (Å²) in [6.45, 7) is 0. The summed E-state index contributed by atoms with van der Waals surface area (Å²) >= 11 is 1.64. The van der Waals surface area contributed by atoms with Crippen molar-refractivity contribution in [3.63, 3.8) is 0 Å². The molecule has 9 heteroatoms. The number of thioether (sulfide) groups is 1. The summed E-state index contributed by atoms with van der Waals surface area (Å²) in [5, 5.41) is 5.26. The molecule has 0 radical (unpaired) electrons. The van der Waals surface area contributed by atoms with Crippen LogP contribution in [-0.2, 0) is 0 Å². The molecule has 1 heterocycles. The molecule has 3 rings (SSSR count). The van der Waals surface area contributed by atoms with Gasteiger partial charge in [0.1, 0.15) is 17.2 Å². The number of hydrogen-bond acceptors (Lipinski definition) is 6. The van der Waals surface area contributed by atoms with Gasteiger partial charge in [-0.1, -0.05) is 0 Å². The maximum Gasteiger partial charge on any atom is 0.337 e. The van der Waals surface area contributed by atoms with Crippen LogP contribution >= 0.6 is 11.8 Å². The van der Waals surface area contributed by atoms with Crippen molar-refractivity contribution in [1.82, 2.24) is 15.7 Å². The lowest BCUT2D eigenvalue weighted by atomic mass is 10.3. The normalized spacial score (nSPS) is 10.1. The van der Waals surface area contributed by atoms with Crippen LogP contribution in [0.4, 0.5) is 16.2 Å². The molecule has 0 bridgehead atoms. The lowest BCUT2D eigenvalue weighted by Gasteiger charge is -2.11. The molecule has 1 aromatic heterocycles. The third-order valence-corrected chi connectivity index (χ3v) is 4.69. The smallest absolute Gasteiger partial charge is 0.337 e. The first kappa shape index (κ1) is 21.0. The number of rotatable bonds is 7. The number of hydrogen-bond donors (Lipinski definition) is 4. The van der Waals surface area contributed by atoms with Gasteiger partial charge in [0.05, 0.1) is 5.69 Å². The Kier molecular flexibility index (Phi) is 7.12. The number of ether oxygens (including phenoxy) is 1. The van der Waals surface area contributed by atoms with E-state index in [0.29, 0.717) is 22.9 Å². The summed E-state index contributed by atoms with van der Waals surface area (Å²) in [6, 6.07) is 17.4. The Hall–Kier alpha value is -3.72. The number of hydrazine groups is 1. The number of pyridine rings is 1. The highest BCUT2D eigenvalue weighted by atomic mass is 32.2. The average molecular weight is 423 g/mol. The van der Waals surface area contributed by atoms with Crippen molar-refractivity contribution in [2.75, 3.05) is 24.0 Å². The Labute approximate surface area is 178 Å². The highest BCUT2D eigenvalue weighted by Crippen LogP contribution is 2.23. The number of nitrogens with zero attached hydrogens (tertiary/aromatic N) is 1. The SMILES string of the molecule is CNC(=O)c1cc(Oc2ccc(NNC(=O)Nc3ccc(SC)cc3)cc2)ccn1. The Morgan fingerprint density at radius 2 is 1.63 bits per heavy atom. The molecule has 3 amide bonds. The van der Waals surface area contributed by atoms with Gasteiger partial charge in [-0.25, -0.2) is 4.79 Å². The standard InChI is InChI=1S/C21H21N5O3S/c1-22-20(27)19-13-17(11-12-23-19)29-16-7-3-15(4-8-16)25-26-21(28)24-14-5-9-18(30-2)10-6-14/h3-13,25H,1-2H3,(H,22,27)(H2,24,26,28). The maximum atomic E-state index is 12.0. The summed E-state index contributed by atoms with van der Waals surface area (Å²) in [4.78, 5) is 28.8. The molecular weight excluding hydrogens is 402 g/mol. The van der Waals surface area contributed by atoms with Crippen molar-refractivity contribution in [2.24, 2.45) is 0 Å². The molecular formula is C21H21N5O3S. The van der Waals surface area contributed by atoms with Gasteiger partial charge in [0, 0.05) is 29.9 Å². The van der Waals surface area contributed by atoms with Crippen LogP contribution in [0.1, 0.15) is 10.5 Å². The van der Waals surface area contributed by atoms with E-state index in [1.54, 1.807) is 55.2 Å². The van der Waals surface area contributed by atoms with Gasteiger partial charge >= 0.3 is 6.03 Å². The first-order valence-electron chi connectivity index (χ1n) is 9.00. The maximum absolute atomic E-state index is 12.0. The fourth-order valence-corrected chi connectivity index (χ4v) is 2.84. The highest BCUT2D eigenvalue weighted by molar-refractivity contribution is 7.98. The summed E-state index contributed by atoms with van der Waals surface area (Å²) in [5.41, 5.74) is 7.04. The largest absolute Gasteiger partial charge is 0.457 e. The molecule has 154 valence electrons. The number of urea groups is 1. The van der Waals surface area contributed by atoms with Crippen molar-refractivity contribution >= 4 is 35.1 Å². The van der Waals surface area contributed by atoms with Crippen LogP contribution < -0.4 is 26.2 Å². The zero-order chi connectivity index (χ0) is 21.3. The van der Waals surface area contributed by atoms with Crippen LogP contribution in [0.15, 0.2) is 71.8 Å². The molecule has 0 aliphatic rings. The van der Waals surface area contributed by atoms with Gasteiger partial charge in [-0.15, -0.1) is 11.8 Å². The van der Waals surface area contributed by atoms with Crippen LogP contribution in [0, 0.1) is 0 Å². The van der Waals surface area contributed by atoms with Crippen molar-refractivity contribution in [2.45, 2.75) is 4.90 Å². The highest BCUT2D eigenvalue weighted by Gasteiger charge is 2.07. The van der Waals surface area contributed by atoms with E-state index < -0.39 is 0 Å². The second kappa shape index (κ2) is 10.2. The van der Waals surface area contributed by atoms with Crippen LogP contribution in [0.5, 0.6) is 11.5 Å². The molecule has 0 aliphatic heterocycles. The van der Waals surface area contributed by atoms with Gasteiger partial charge < -0.3 is 15.4 Å². The van der Waals surface area contributed by atoms with Crippen molar-refractivity contribution < 1.29 is 14.3 Å². The minimum atomic E-state index is -0.384. The zero-order valence-electron chi connectivity index (χ0n) is 16.4. The van der Waals surface area contributed by atoms with E-state index in [-0.39, 0.29) is 17.6 Å². The van der Waals surface area contributed by atoms with Crippen LogP contribution in [0.3, 0.4) is 0 Å². The fraction of sp³-hybridized carbons (Fsp3) is 0.0952. The Morgan fingerprint density at radius 3 is 2.30 bits per heavy atom. The third-order valence-electron chi connectivity index (χ3n) is 3.95. The predicted octanol–water partition coefficient (Wildman–Crippen LogP) is 4.10. The summed E-state index contributed by atoms with van der Waals surface area (Å²) < 4.78 is 5.74. The van der Waals surface area contributed by atoms with Gasteiger partial charge in [0.2, 0.25) is 0 Å². The van der Waals surface area contributed by atoms with Gasteiger partial charge in [0.25, 0.3) is 5.91 Å². The van der Waals surface area contributed by atoms with Gasteiger partial charge in [-0.2, -0.15) is 0 Å². The number of anilines is 2. The van der Waals surface area contributed by atoms with Crippen LogP contribution in [-0.4, -0.2) is 30.2 Å². The molecule has 0 aliphatic carbocycles. The van der Waals surface area contributed by atoms with E-state index in [0.717, 1.165) is 4.90 Å².